The van der Waals surface area contributed by atoms with Gasteiger partial charge >= 0.3 is 0 Å². The van der Waals surface area contributed by atoms with E-state index in [0.29, 0.717) is 10.8 Å². The molecule has 0 aliphatic carbocycles. The topological polar surface area (TPSA) is 35.2 Å². The van der Waals surface area contributed by atoms with Crippen molar-refractivity contribution in [1.82, 2.24) is 0 Å². The van der Waals surface area contributed by atoms with Gasteiger partial charge in [0, 0.05) is 16.9 Å². The average molecular weight is 241 g/mol. The molecule has 1 saturated heterocycles. The SMILES string of the molecule is COc1cccc(C(N)C2CCCS2)c1F. The van der Waals surface area contributed by atoms with E-state index in [0.717, 1.165) is 12.2 Å². The van der Waals surface area contributed by atoms with Gasteiger partial charge in [-0.15, -0.1) is 0 Å². The smallest absolute Gasteiger partial charge is 0.169 e. The van der Waals surface area contributed by atoms with Gasteiger partial charge in [-0.1, -0.05) is 12.1 Å². The van der Waals surface area contributed by atoms with Crippen LogP contribution in [0.5, 0.6) is 5.75 Å². The molecule has 0 spiro atoms. The molecular formula is C12H16FNOS. The van der Waals surface area contributed by atoms with Crippen LogP contribution in [0.3, 0.4) is 0 Å². The number of benzene rings is 1. The Labute approximate surface area is 99.4 Å². The predicted octanol–water partition coefficient (Wildman–Crippen LogP) is 2.73. The predicted molar refractivity (Wildman–Crippen MR) is 65.4 cm³/mol. The summed E-state index contributed by atoms with van der Waals surface area (Å²) < 4.78 is 18.9. The van der Waals surface area contributed by atoms with Crippen LogP contribution in [0.15, 0.2) is 18.2 Å². The number of hydrogen-bond acceptors (Lipinski definition) is 3. The maximum absolute atomic E-state index is 14.0. The molecule has 2 unspecified atom stereocenters. The van der Waals surface area contributed by atoms with Gasteiger partial charge in [0.2, 0.25) is 0 Å². The van der Waals surface area contributed by atoms with Crippen LogP contribution in [0.4, 0.5) is 4.39 Å². The minimum Gasteiger partial charge on any atom is -0.494 e. The Morgan fingerprint density at radius 1 is 1.56 bits per heavy atom. The molecule has 1 heterocycles. The Kier molecular flexibility index (Phi) is 3.71. The molecule has 16 heavy (non-hydrogen) atoms. The van der Waals surface area contributed by atoms with Crippen LogP contribution < -0.4 is 10.5 Å². The second-order valence-corrected chi connectivity index (χ2v) is 5.29. The molecule has 0 aromatic heterocycles. The van der Waals surface area contributed by atoms with Crippen LogP contribution in [0.25, 0.3) is 0 Å². The number of hydrogen-bond donors (Lipinski definition) is 1. The summed E-state index contributed by atoms with van der Waals surface area (Å²) in [7, 11) is 1.47. The van der Waals surface area contributed by atoms with E-state index in [1.807, 2.05) is 11.8 Å². The molecule has 1 fully saturated rings. The zero-order valence-electron chi connectivity index (χ0n) is 9.28. The van der Waals surface area contributed by atoms with Crippen molar-refractivity contribution in [3.05, 3.63) is 29.6 Å². The average Bonchev–Trinajstić information content (AvgIpc) is 2.82. The number of halogens is 1. The zero-order chi connectivity index (χ0) is 11.5. The maximum atomic E-state index is 14.0. The Morgan fingerprint density at radius 2 is 2.38 bits per heavy atom. The standard InChI is InChI=1S/C12H16FNOS/c1-15-9-5-2-4-8(11(9)13)12(14)10-6-3-7-16-10/h2,4-5,10,12H,3,6-7,14H2,1H3. The highest BCUT2D eigenvalue weighted by Crippen LogP contribution is 2.36. The molecule has 2 atom stereocenters. The molecule has 2 N–H and O–H groups in total. The number of rotatable bonds is 3. The molecule has 0 amide bonds. The zero-order valence-corrected chi connectivity index (χ0v) is 10.1. The number of nitrogens with two attached hydrogens (primary N) is 1. The minimum atomic E-state index is -0.315. The monoisotopic (exact) mass is 241 g/mol. The first-order chi connectivity index (χ1) is 7.74. The Morgan fingerprint density at radius 3 is 3.00 bits per heavy atom. The van der Waals surface area contributed by atoms with Gasteiger partial charge in [-0.3, -0.25) is 0 Å². The van der Waals surface area contributed by atoms with Crippen molar-refractivity contribution in [3.8, 4) is 5.75 Å². The van der Waals surface area contributed by atoms with Crippen molar-refractivity contribution in [2.24, 2.45) is 5.73 Å². The van der Waals surface area contributed by atoms with Gasteiger partial charge in [0.05, 0.1) is 7.11 Å². The highest BCUT2D eigenvalue weighted by Gasteiger charge is 2.26. The van der Waals surface area contributed by atoms with Crippen molar-refractivity contribution in [3.63, 3.8) is 0 Å². The molecule has 2 nitrogen and oxygen atoms in total. The van der Waals surface area contributed by atoms with E-state index in [1.165, 1.54) is 13.5 Å². The largest absolute Gasteiger partial charge is 0.494 e. The van der Waals surface area contributed by atoms with Crippen LogP contribution in [-0.4, -0.2) is 18.1 Å². The molecule has 1 aliphatic rings. The van der Waals surface area contributed by atoms with Crippen LogP contribution in [0.1, 0.15) is 24.4 Å². The van der Waals surface area contributed by atoms with Gasteiger partial charge in [-0.2, -0.15) is 11.8 Å². The van der Waals surface area contributed by atoms with E-state index in [9.17, 15) is 4.39 Å². The number of thioether (sulfide) groups is 1. The molecule has 1 aromatic carbocycles. The Hall–Kier alpha value is -0.740. The lowest BCUT2D eigenvalue weighted by molar-refractivity contribution is 0.382. The van der Waals surface area contributed by atoms with E-state index in [-0.39, 0.29) is 17.6 Å². The van der Waals surface area contributed by atoms with Gasteiger partial charge in [-0.25, -0.2) is 4.39 Å². The van der Waals surface area contributed by atoms with Crippen LogP contribution in [0, 0.1) is 5.82 Å². The summed E-state index contributed by atoms with van der Waals surface area (Å²) in [5.74, 6) is 1.09. The Balaban J connectivity index is 2.25. The summed E-state index contributed by atoms with van der Waals surface area (Å²) in [6.07, 6.45) is 2.25. The lowest BCUT2D eigenvalue weighted by Gasteiger charge is -2.19. The van der Waals surface area contributed by atoms with Crippen molar-refractivity contribution in [2.45, 2.75) is 24.1 Å². The van der Waals surface area contributed by atoms with Gasteiger partial charge < -0.3 is 10.5 Å². The normalized spacial score (nSPS) is 22.1. The molecule has 1 aromatic rings. The molecule has 0 saturated carbocycles. The highest BCUT2D eigenvalue weighted by molar-refractivity contribution is 8.00. The van der Waals surface area contributed by atoms with Crippen LogP contribution in [0.2, 0.25) is 0 Å². The molecular weight excluding hydrogens is 225 g/mol. The molecule has 88 valence electrons. The fraction of sp³-hybridized carbons (Fsp3) is 0.500. The second kappa shape index (κ2) is 5.06. The van der Waals surface area contributed by atoms with E-state index in [2.05, 4.69) is 0 Å². The van der Waals surface area contributed by atoms with Crippen molar-refractivity contribution < 1.29 is 9.13 Å². The van der Waals surface area contributed by atoms with E-state index < -0.39 is 0 Å². The van der Waals surface area contributed by atoms with Crippen LogP contribution >= 0.6 is 11.8 Å². The van der Waals surface area contributed by atoms with Gasteiger partial charge in [0.1, 0.15) is 0 Å². The van der Waals surface area contributed by atoms with Crippen molar-refractivity contribution in [2.75, 3.05) is 12.9 Å². The van der Waals surface area contributed by atoms with Gasteiger partial charge in [0.15, 0.2) is 11.6 Å². The summed E-state index contributed by atoms with van der Waals surface area (Å²) in [5.41, 5.74) is 6.68. The van der Waals surface area contributed by atoms with E-state index >= 15 is 0 Å². The van der Waals surface area contributed by atoms with E-state index in [4.69, 9.17) is 10.5 Å². The maximum Gasteiger partial charge on any atom is 0.169 e. The number of methoxy groups -OCH3 is 1. The highest BCUT2D eigenvalue weighted by atomic mass is 32.2. The minimum absolute atomic E-state index is 0.234. The quantitative estimate of drug-likeness (QED) is 0.883. The van der Waals surface area contributed by atoms with E-state index in [1.54, 1.807) is 18.2 Å². The van der Waals surface area contributed by atoms with Gasteiger partial charge in [-0.05, 0) is 24.7 Å². The molecule has 0 bridgehead atoms. The molecule has 4 heteroatoms. The molecule has 0 radical (unpaired) electrons. The summed E-state index contributed by atoms with van der Waals surface area (Å²) >= 11 is 1.83. The second-order valence-electron chi connectivity index (χ2n) is 3.94. The molecule has 1 aliphatic heterocycles. The summed E-state index contributed by atoms with van der Waals surface area (Å²) in [5, 5.41) is 0.335. The first-order valence-electron chi connectivity index (χ1n) is 5.43. The third-order valence-corrected chi connectivity index (χ3v) is 4.42. The summed E-state index contributed by atoms with van der Waals surface area (Å²) in [6.45, 7) is 0. The Bertz CT molecular complexity index is 366. The first kappa shape index (κ1) is 11.7. The summed E-state index contributed by atoms with van der Waals surface area (Å²) in [6, 6.07) is 4.92. The fourth-order valence-corrected chi connectivity index (χ4v) is 3.35. The van der Waals surface area contributed by atoms with Crippen molar-refractivity contribution >= 4 is 11.8 Å². The van der Waals surface area contributed by atoms with Crippen molar-refractivity contribution in [1.29, 1.82) is 0 Å². The fourth-order valence-electron chi connectivity index (χ4n) is 2.03. The lowest BCUT2D eigenvalue weighted by atomic mass is 10.0. The summed E-state index contributed by atoms with van der Waals surface area (Å²) in [4.78, 5) is 0. The third-order valence-electron chi connectivity index (χ3n) is 2.94. The van der Waals surface area contributed by atoms with Gasteiger partial charge in [0.25, 0.3) is 0 Å². The first-order valence-corrected chi connectivity index (χ1v) is 6.48. The lowest BCUT2D eigenvalue weighted by Crippen LogP contribution is -2.22. The van der Waals surface area contributed by atoms with Crippen LogP contribution in [-0.2, 0) is 0 Å². The third kappa shape index (κ3) is 2.18. The molecule has 2 rings (SSSR count). The number of ether oxygens (including phenoxy) is 1.